The van der Waals surface area contributed by atoms with E-state index in [0.717, 1.165) is 12.1 Å². The van der Waals surface area contributed by atoms with Crippen LogP contribution in [0.2, 0.25) is 0 Å². The van der Waals surface area contributed by atoms with Crippen molar-refractivity contribution >= 4 is 24.6 Å². The first kappa shape index (κ1) is 25.4. The average molecular weight is 466 g/mol. The van der Waals surface area contributed by atoms with Gasteiger partial charge in [0.25, 0.3) is 5.91 Å². The molecule has 1 N–H and O–H groups in total. The van der Waals surface area contributed by atoms with E-state index in [9.17, 15) is 18.4 Å². The lowest BCUT2D eigenvalue weighted by Crippen LogP contribution is -2.50. The number of alkyl carbamates (subject to hydrolysis) is 1. The summed E-state index contributed by atoms with van der Waals surface area (Å²) >= 11 is 0. The number of carbonyl (C=O) groups excluding carboxylic acids is 2. The fourth-order valence-corrected chi connectivity index (χ4v) is 3.80. The van der Waals surface area contributed by atoms with Crippen molar-refractivity contribution in [3.63, 3.8) is 0 Å². The van der Waals surface area contributed by atoms with Gasteiger partial charge in [-0.15, -0.1) is 0 Å². The van der Waals surface area contributed by atoms with E-state index >= 15 is 0 Å². The van der Waals surface area contributed by atoms with Crippen molar-refractivity contribution in [2.24, 2.45) is 0 Å². The van der Waals surface area contributed by atoms with Crippen LogP contribution in [0.5, 0.6) is 0 Å². The molecule has 0 spiro atoms. The average Bonchev–Trinajstić information content (AvgIpc) is 2.88. The fraction of sp³-hybridized carbons (Fsp3) is 0.652. The number of benzene rings is 1. The molecule has 33 heavy (non-hydrogen) atoms. The Hall–Kier alpha value is -2.20. The van der Waals surface area contributed by atoms with Crippen LogP contribution in [0.4, 0.5) is 13.6 Å². The quantitative estimate of drug-likeness (QED) is 0.692. The Bertz CT molecular complexity index is 916. The van der Waals surface area contributed by atoms with Gasteiger partial charge in [0.2, 0.25) is 0 Å². The van der Waals surface area contributed by atoms with E-state index in [4.69, 9.17) is 14.0 Å². The molecule has 1 aromatic rings. The first-order chi connectivity index (χ1) is 15.1. The minimum atomic E-state index is -1.08. The van der Waals surface area contributed by atoms with Gasteiger partial charge in [0.15, 0.2) is 0 Å². The zero-order chi connectivity index (χ0) is 24.8. The van der Waals surface area contributed by atoms with Gasteiger partial charge < -0.3 is 24.3 Å². The van der Waals surface area contributed by atoms with E-state index in [1.54, 1.807) is 20.8 Å². The van der Waals surface area contributed by atoms with Crippen molar-refractivity contribution in [1.82, 2.24) is 10.2 Å². The van der Waals surface area contributed by atoms with Gasteiger partial charge in [0.05, 0.1) is 16.8 Å². The Labute approximate surface area is 194 Å². The van der Waals surface area contributed by atoms with Gasteiger partial charge in [-0.3, -0.25) is 4.79 Å². The first-order valence-electron chi connectivity index (χ1n) is 11.2. The number of ether oxygens (including phenoxy) is 1. The molecule has 1 atom stereocenters. The second-order valence-electron chi connectivity index (χ2n) is 10.7. The Kier molecular flexibility index (Phi) is 6.83. The van der Waals surface area contributed by atoms with Crippen molar-refractivity contribution in [3.05, 3.63) is 29.3 Å². The Morgan fingerprint density at radius 3 is 2.30 bits per heavy atom. The van der Waals surface area contributed by atoms with Crippen LogP contribution >= 0.6 is 0 Å². The summed E-state index contributed by atoms with van der Waals surface area (Å²) in [5.74, 6) is -2.27. The highest BCUT2D eigenvalue weighted by molar-refractivity contribution is 6.62. The predicted octanol–water partition coefficient (Wildman–Crippen LogP) is 3.39. The molecule has 2 heterocycles. The summed E-state index contributed by atoms with van der Waals surface area (Å²) in [6.45, 7) is 13.1. The zero-order valence-corrected chi connectivity index (χ0v) is 20.4. The van der Waals surface area contributed by atoms with Crippen LogP contribution < -0.4 is 10.8 Å². The molecule has 0 saturated carbocycles. The van der Waals surface area contributed by atoms with E-state index in [-0.39, 0.29) is 23.6 Å². The van der Waals surface area contributed by atoms with Gasteiger partial charge in [-0.05, 0) is 73.4 Å². The van der Waals surface area contributed by atoms with Crippen molar-refractivity contribution in [2.75, 3.05) is 13.1 Å². The number of hydrogen-bond acceptors (Lipinski definition) is 5. The summed E-state index contributed by atoms with van der Waals surface area (Å²) < 4.78 is 46.8. The largest absolute Gasteiger partial charge is 0.497 e. The molecule has 1 aromatic carbocycles. The summed E-state index contributed by atoms with van der Waals surface area (Å²) in [5, 5.41) is 2.74. The highest BCUT2D eigenvalue weighted by atomic mass is 19.1. The number of hydrogen-bond donors (Lipinski definition) is 1. The summed E-state index contributed by atoms with van der Waals surface area (Å²) in [7, 11) is -1.08. The molecule has 0 aliphatic carbocycles. The summed E-state index contributed by atoms with van der Waals surface area (Å²) in [4.78, 5) is 26.5. The molecule has 2 aliphatic heterocycles. The smallest absolute Gasteiger partial charge is 0.444 e. The zero-order valence-electron chi connectivity index (χ0n) is 20.4. The number of nitrogens with zero attached hydrogens (tertiary/aromatic N) is 1. The molecule has 2 amide bonds. The maximum absolute atomic E-state index is 15.0. The van der Waals surface area contributed by atoms with Gasteiger partial charge in [-0.1, -0.05) is 0 Å². The molecule has 2 aliphatic rings. The summed E-state index contributed by atoms with van der Waals surface area (Å²) in [5.41, 5.74) is -2.53. The Balaban J connectivity index is 1.72. The highest BCUT2D eigenvalue weighted by Crippen LogP contribution is 2.36. The predicted molar refractivity (Wildman–Crippen MR) is 120 cm³/mol. The van der Waals surface area contributed by atoms with Gasteiger partial charge in [0.1, 0.15) is 17.2 Å². The van der Waals surface area contributed by atoms with Crippen LogP contribution in [0.15, 0.2) is 12.1 Å². The number of halogens is 2. The Morgan fingerprint density at radius 2 is 1.73 bits per heavy atom. The van der Waals surface area contributed by atoms with E-state index in [1.165, 1.54) is 4.90 Å². The molecular formula is C23H33BF2N2O5. The third-order valence-corrected chi connectivity index (χ3v) is 6.25. The van der Waals surface area contributed by atoms with Crippen molar-refractivity contribution < 1.29 is 32.4 Å². The standard InChI is InChI=1S/C23H33BF2N2O5/c1-21(2,3)31-20(30)27-14-9-8-10-28(13-14)19(29)15-11-18(26)16(12-17(15)25)24-32-22(4,5)23(6,7)33-24/h11-12,14H,8-10,13H2,1-7H3,(H,27,30). The maximum atomic E-state index is 15.0. The highest BCUT2D eigenvalue weighted by Gasteiger charge is 2.52. The number of piperidine rings is 1. The van der Waals surface area contributed by atoms with E-state index in [0.29, 0.717) is 19.4 Å². The van der Waals surface area contributed by atoms with Crippen molar-refractivity contribution in [1.29, 1.82) is 0 Å². The van der Waals surface area contributed by atoms with Crippen molar-refractivity contribution in [2.45, 2.75) is 84.2 Å². The molecule has 0 radical (unpaired) electrons. The molecule has 2 fully saturated rings. The van der Waals surface area contributed by atoms with Crippen LogP contribution in [0.1, 0.15) is 71.7 Å². The molecule has 182 valence electrons. The first-order valence-corrected chi connectivity index (χ1v) is 11.2. The van der Waals surface area contributed by atoms with Crippen molar-refractivity contribution in [3.8, 4) is 0 Å². The van der Waals surface area contributed by atoms with Crippen LogP contribution in [-0.4, -0.2) is 60.0 Å². The molecule has 10 heteroatoms. The third kappa shape index (κ3) is 5.66. The molecule has 0 aromatic heterocycles. The normalized spacial score (nSPS) is 22.3. The van der Waals surface area contributed by atoms with Crippen LogP contribution in [0, 0.1) is 11.6 Å². The van der Waals surface area contributed by atoms with E-state index < -0.39 is 47.6 Å². The fourth-order valence-electron chi connectivity index (χ4n) is 3.80. The minimum Gasteiger partial charge on any atom is -0.444 e. The van der Waals surface area contributed by atoms with Gasteiger partial charge >= 0.3 is 13.2 Å². The van der Waals surface area contributed by atoms with Crippen LogP contribution in [-0.2, 0) is 14.0 Å². The van der Waals surface area contributed by atoms with Gasteiger partial charge in [0, 0.05) is 24.6 Å². The monoisotopic (exact) mass is 466 g/mol. The van der Waals surface area contributed by atoms with Crippen LogP contribution in [0.3, 0.4) is 0 Å². The molecule has 3 rings (SSSR count). The Morgan fingerprint density at radius 1 is 1.12 bits per heavy atom. The minimum absolute atomic E-state index is 0.0918. The van der Waals surface area contributed by atoms with E-state index in [2.05, 4.69) is 5.32 Å². The number of nitrogens with one attached hydrogen (secondary N) is 1. The SMILES string of the molecule is CC(C)(C)OC(=O)NC1CCCN(C(=O)c2cc(F)c(B3OC(C)(C)C(C)(C)O3)cc2F)C1. The lowest BCUT2D eigenvalue weighted by atomic mass is 9.78. The number of likely N-dealkylation sites (tertiary alicyclic amines) is 1. The second kappa shape index (κ2) is 8.87. The lowest BCUT2D eigenvalue weighted by Gasteiger charge is -2.33. The lowest BCUT2D eigenvalue weighted by molar-refractivity contribution is 0.00578. The molecule has 7 nitrogen and oxygen atoms in total. The third-order valence-electron chi connectivity index (χ3n) is 6.25. The number of amides is 2. The number of rotatable bonds is 3. The van der Waals surface area contributed by atoms with Crippen LogP contribution in [0.25, 0.3) is 0 Å². The molecule has 1 unspecified atom stereocenters. The van der Waals surface area contributed by atoms with E-state index in [1.807, 2.05) is 27.7 Å². The topological polar surface area (TPSA) is 77.1 Å². The summed E-state index contributed by atoms with van der Waals surface area (Å²) in [6, 6.07) is 1.52. The van der Waals surface area contributed by atoms with Gasteiger partial charge in [-0.25, -0.2) is 13.6 Å². The maximum Gasteiger partial charge on any atom is 0.497 e. The molecular weight excluding hydrogens is 433 g/mol. The second-order valence-corrected chi connectivity index (χ2v) is 10.7. The summed E-state index contributed by atoms with van der Waals surface area (Å²) in [6.07, 6.45) is 0.689. The number of carbonyl (C=O) groups is 2. The van der Waals surface area contributed by atoms with Gasteiger partial charge in [-0.2, -0.15) is 0 Å². The molecule has 0 bridgehead atoms. The molecule has 2 saturated heterocycles.